The van der Waals surface area contributed by atoms with Gasteiger partial charge in [-0.25, -0.2) is 0 Å². The Morgan fingerprint density at radius 2 is 1.72 bits per heavy atom. The summed E-state index contributed by atoms with van der Waals surface area (Å²) in [5.41, 5.74) is 2.05. The lowest BCUT2D eigenvalue weighted by molar-refractivity contribution is -0.125. The van der Waals surface area contributed by atoms with E-state index in [0.29, 0.717) is 0 Å². The Labute approximate surface area is 112 Å². The third kappa shape index (κ3) is 2.58. The van der Waals surface area contributed by atoms with Gasteiger partial charge in [0, 0.05) is 12.6 Å². The van der Waals surface area contributed by atoms with Crippen LogP contribution in [-0.2, 0) is 4.79 Å². The molecule has 2 rings (SSSR count). The summed E-state index contributed by atoms with van der Waals surface area (Å²) in [7, 11) is 1.89. The summed E-state index contributed by atoms with van der Waals surface area (Å²) in [5.74, 6) is 0.135. The van der Waals surface area contributed by atoms with E-state index < -0.39 is 0 Å². The molecule has 0 radical (unpaired) electrons. The van der Waals surface area contributed by atoms with E-state index in [1.807, 2.05) is 52.6 Å². The van der Waals surface area contributed by atoms with E-state index in [9.17, 15) is 4.79 Å². The van der Waals surface area contributed by atoms with Gasteiger partial charge in [-0.05, 0) is 31.4 Å². The average Bonchev–Trinajstić information content (AvgIpc) is 3.20. The Morgan fingerprint density at radius 1 is 1.22 bits per heavy atom. The Hall–Kier alpha value is -1.31. The van der Waals surface area contributed by atoms with Gasteiger partial charge in [0.2, 0.25) is 0 Å². The molecule has 1 amide bonds. The zero-order chi connectivity index (χ0) is 14.3. The highest BCUT2D eigenvalue weighted by Gasteiger charge is 2.57. The first-order chi connectivity index (χ1) is 8.67. The van der Waals surface area contributed by atoms with Crippen molar-refractivity contribution in [2.75, 3.05) is 7.05 Å². The van der Waals surface area contributed by atoms with Gasteiger partial charge in [-0.1, -0.05) is 46.4 Å². The Kier molecular flexibility index (Phi) is 6.67. The van der Waals surface area contributed by atoms with Crippen molar-refractivity contribution in [1.29, 1.82) is 0 Å². The van der Waals surface area contributed by atoms with Gasteiger partial charge in [0.25, 0.3) is 5.91 Å². The Bertz CT molecular complexity index is 359. The first kappa shape index (κ1) is 16.7. The Morgan fingerprint density at radius 3 is 2.06 bits per heavy atom. The number of carbonyl (C=O) groups excluding carboxylic acids is 1. The van der Waals surface area contributed by atoms with Gasteiger partial charge < -0.3 is 4.90 Å². The normalized spacial score (nSPS) is 23.4. The minimum absolute atomic E-state index is 0.0423. The van der Waals surface area contributed by atoms with Crippen LogP contribution in [0, 0.1) is 0 Å². The molecule has 102 valence electrons. The lowest BCUT2D eigenvalue weighted by atomic mass is 10.0. The molecule has 1 spiro atoms. The molecule has 0 aromatic rings. The summed E-state index contributed by atoms with van der Waals surface area (Å²) < 4.78 is 0. The van der Waals surface area contributed by atoms with Crippen molar-refractivity contribution in [3.05, 3.63) is 36.0 Å². The molecule has 0 bridgehead atoms. The van der Waals surface area contributed by atoms with Gasteiger partial charge in [0.1, 0.15) is 0 Å². The fourth-order valence-electron chi connectivity index (χ4n) is 2.35. The lowest BCUT2D eigenvalue weighted by Gasteiger charge is -2.18. The topological polar surface area (TPSA) is 20.3 Å². The van der Waals surface area contributed by atoms with Crippen LogP contribution < -0.4 is 0 Å². The van der Waals surface area contributed by atoms with Crippen LogP contribution in [0.15, 0.2) is 36.0 Å². The highest BCUT2D eigenvalue weighted by atomic mass is 16.2. The molecule has 2 aliphatic rings. The van der Waals surface area contributed by atoms with Crippen molar-refractivity contribution in [1.82, 2.24) is 4.90 Å². The van der Waals surface area contributed by atoms with Crippen molar-refractivity contribution in [3.63, 3.8) is 0 Å². The SMILES string of the molecule is C=C/C=C1/C(=O)N(C)C2(CC2)/C1=C/C.CC.CC. The molecule has 0 aromatic heterocycles. The van der Waals surface area contributed by atoms with Crippen molar-refractivity contribution in [3.8, 4) is 0 Å². The smallest absolute Gasteiger partial charge is 0.254 e. The molecule has 2 nitrogen and oxygen atoms in total. The summed E-state index contributed by atoms with van der Waals surface area (Å²) in [6.07, 6.45) is 7.77. The van der Waals surface area contributed by atoms with E-state index in [4.69, 9.17) is 0 Å². The number of carbonyl (C=O) groups is 1. The fourth-order valence-corrected chi connectivity index (χ4v) is 2.35. The third-order valence-corrected chi connectivity index (χ3v) is 3.27. The monoisotopic (exact) mass is 249 g/mol. The van der Waals surface area contributed by atoms with E-state index in [1.54, 1.807) is 6.08 Å². The first-order valence-corrected chi connectivity index (χ1v) is 6.95. The van der Waals surface area contributed by atoms with Gasteiger partial charge in [0.05, 0.1) is 5.54 Å². The minimum Gasteiger partial charge on any atom is -0.332 e. The molecule has 2 heteroatoms. The highest BCUT2D eigenvalue weighted by molar-refractivity contribution is 6.04. The van der Waals surface area contributed by atoms with Gasteiger partial charge in [-0.15, -0.1) is 0 Å². The molecule has 1 heterocycles. The number of hydrogen-bond acceptors (Lipinski definition) is 1. The molecule has 0 unspecified atom stereocenters. The number of rotatable bonds is 1. The molecular weight excluding hydrogens is 222 g/mol. The molecule has 0 atom stereocenters. The average molecular weight is 249 g/mol. The zero-order valence-electron chi connectivity index (χ0n) is 12.7. The predicted octanol–water partition coefficient (Wildman–Crippen LogP) is 4.10. The molecule has 2 fully saturated rings. The molecular formula is C16H27NO. The fraction of sp³-hybridized carbons (Fsp3) is 0.562. The molecule has 18 heavy (non-hydrogen) atoms. The third-order valence-electron chi connectivity index (χ3n) is 3.27. The molecule has 1 aliphatic carbocycles. The van der Waals surface area contributed by atoms with Gasteiger partial charge in [-0.2, -0.15) is 0 Å². The summed E-state index contributed by atoms with van der Waals surface area (Å²) in [5, 5.41) is 0. The van der Waals surface area contributed by atoms with Crippen molar-refractivity contribution >= 4 is 5.91 Å². The lowest BCUT2D eigenvalue weighted by Crippen LogP contribution is -2.30. The molecule has 1 saturated carbocycles. The molecule has 0 aromatic carbocycles. The summed E-state index contributed by atoms with van der Waals surface area (Å²) in [4.78, 5) is 13.8. The van der Waals surface area contributed by atoms with Gasteiger partial charge in [0.15, 0.2) is 0 Å². The minimum atomic E-state index is 0.0423. The van der Waals surface area contributed by atoms with Crippen LogP contribution in [0.2, 0.25) is 0 Å². The van der Waals surface area contributed by atoms with Gasteiger partial charge in [-0.3, -0.25) is 4.79 Å². The Balaban J connectivity index is 0.000000659. The van der Waals surface area contributed by atoms with E-state index in [-0.39, 0.29) is 11.4 Å². The zero-order valence-corrected chi connectivity index (χ0v) is 12.7. The molecule has 0 N–H and O–H groups in total. The number of allylic oxidation sites excluding steroid dienone is 3. The van der Waals surface area contributed by atoms with Gasteiger partial charge >= 0.3 is 0 Å². The summed E-state index contributed by atoms with van der Waals surface area (Å²) >= 11 is 0. The van der Waals surface area contributed by atoms with E-state index in [0.717, 1.165) is 18.4 Å². The van der Waals surface area contributed by atoms with E-state index >= 15 is 0 Å². The summed E-state index contributed by atoms with van der Waals surface area (Å²) in [6.45, 7) is 13.6. The predicted molar refractivity (Wildman–Crippen MR) is 79.5 cm³/mol. The number of hydrogen-bond donors (Lipinski definition) is 0. The van der Waals surface area contributed by atoms with Crippen molar-refractivity contribution < 1.29 is 4.79 Å². The quantitative estimate of drug-likeness (QED) is 0.641. The van der Waals surface area contributed by atoms with Crippen LogP contribution in [0.3, 0.4) is 0 Å². The number of likely N-dealkylation sites (tertiary alicyclic amines) is 1. The van der Waals surface area contributed by atoms with Crippen LogP contribution in [-0.4, -0.2) is 23.4 Å². The maximum atomic E-state index is 11.9. The van der Waals surface area contributed by atoms with Crippen LogP contribution in [0.5, 0.6) is 0 Å². The first-order valence-electron chi connectivity index (χ1n) is 6.95. The second-order valence-electron chi connectivity index (χ2n) is 3.91. The maximum Gasteiger partial charge on any atom is 0.254 e. The van der Waals surface area contributed by atoms with Crippen LogP contribution in [0.1, 0.15) is 47.5 Å². The van der Waals surface area contributed by atoms with E-state index in [1.165, 1.54) is 5.57 Å². The maximum absolute atomic E-state index is 11.9. The molecule has 1 saturated heterocycles. The largest absolute Gasteiger partial charge is 0.332 e. The standard InChI is InChI=1S/C12H15NO.2C2H6/c1-4-6-9-10(5-2)12(7-8-12)13(3)11(9)14;2*1-2/h4-6H,1,7-8H2,2-3H3;2*1-2H3/b9-6+,10-5+;;. The number of amides is 1. The van der Waals surface area contributed by atoms with Crippen LogP contribution in [0.4, 0.5) is 0 Å². The number of nitrogens with zero attached hydrogens (tertiary/aromatic N) is 1. The summed E-state index contributed by atoms with van der Waals surface area (Å²) in [6, 6.07) is 0. The van der Waals surface area contributed by atoms with Crippen LogP contribution >= 0.6 is 0 Å². The van der Waals surface area contributed by atoms with E-state index in [2.05, 4.69) is 12.7 Å². The van der Waals surface area contributed by atoms with Crippen LogP contribution in [0.25, 0.3) is 0 Å². The second kappa shape index (κ2) is 7.20. The second-order valence-corrected chi connectivity index (χ2v) is 3.91. The van der Waals surface area contributed by atoms with Crippen molar-refractivity contribution in [2.45, 2.75) is 53.0 Å². The molecule has 1 aliphatic heterocycles. The van der Waals surface area contributed by atoms with Crippen molar-refractivity contribution in [2.24, 2.45) is 0 Å². The highest BCUT2D eigenvalue weighted by Crippen LogP contribution is 2.54. The number of likely N-dealkylation sites (N-methyl/N-ethyl adjacent to an activating group) is 1.